The highest BCUT2D eigenvalue weighted by molar-refractivity contribution is 7.18. The van der Waals surface area contributed by atoms with Crippen LogP contribution < -0.4 is 16.0 Å². The molecule has 0 bridgehead atoms. The lowest BCUT2D eigenvalue weighted by Crippen LogP contribution is -2.49. The van der Waals surface area contributed by atoms with Gasteiger partial charge in [0, 0.05) is 36.6 Å². The number of fused-ring (bicyclic) bond motifs is 1. The first-order chi connectivity index (χ1) is 19.0. The summed E-state index contributed by atoms with van der Waals surface area (Å²) in [6, 6.07) is 19.5. The lowest BCUT2D eigenvalue weighted by molar-refractivity contribution is -0.117. The number of nitrogens with two attached hydrogens (primary N) is 1. The smallest absolute Gasteiger partial charge is 0.253 e. The van der Waals surface area contributed by atoms with Gasteiger partial charge in [-0.1, -0.05) is 62.7 Å². The number of aryl methyl sites for hydroxylation is 1. The van der Waals surface area contributed by atoms with Crippen molar-refractivity contribution in [1.82, 2.24) is 14.9 Å². The SMILES string of the molecule is CCC[C@@H](N)C(=O)Nc1nc(N2CCN(C(=O)c3ccc(-c4ccccc4)cc3)CC2)c2cc(CC)sc2n1. The molecule has 202 valence electrons. The summed E-state index contributed by atoms with van der Waals surface area (Å²) in [5, 5.41) is 3.80. The molecule has 8 nitrogen and oxygen atoms in total. The van der Waals surface area contributed by atoms with E-state index in [-0.39, 0.29) is 17.8 Å². The van der Waals surface area contributed by atoms with Crippen molar-refractivity contribution in [2.24, 2.45) is 5.73 Å². The molecule has 2 aromatic heterocycles. The number of hydrogen-bond donors (Lipinski definition) is 2. The van der Waals surface area contributed by atoms with Crippen LogP contribution in [0.25, 0.3) is 21.3 Å². The molecule has 1 fully saturated rings. The number of nitrogens with one attached hydrogen (secondary N) is 1. The number of thiophene rings is 1. The molecule has 4 aromatic rings. The maximum absolute atomic E-state index is 13.3. The average molecular weight is 543 g/mol. The maximum atomic E-state index is 13.3. The number of piperazine rings is 1. The van der Waals surface area contributed by atoms with Crippen LogP contribution in [0.2, 0.25) is 0 Å². The van der Waals surface area contributed by atoms with Gasteiger partial charge in [0.05, 0.1) is 11.4 Å². The second kappa shape index (κ2) is 11.9. The minimum absolute atomic E-state index is 0.0313. The van der Waals surface area contributed by atoms with Crippen LogP contribution in [0.5, 0.6) is 0 Å². The standard InChI is InChI=1S/C30H34N6O2S/c1-3-8-25(31)27(37)33-30-32-26(24-19-23(4-2)39-28(24)34-30)35-15-17-36(18-16-35)29(38)22-13-11-21(12-14-22)20-9-6-5-7-10-20/h5-7,9-14,19,25H,3-4,8,15-18,31H2,1-2H3,(H,32,33,34,37)/t25-/m1/s1. The van der Waals surface area contributed by atoms with Crippen LogP contribution in [0.15, 0.2) is 60.7 Å². The molecule has 2 amide bonds. The van der Waals surface area contributed by atoms with E-state index in [9.17, 15) is 9.59 Å². The van der Waals surface area contributed by atoms with Gasteiger partial charge in [-0.05, 0) is 42.2 Å². The van der Waals surface area contributed by atoms with Crippen molar-refractivity contribution < 1.29 is 9.59 Å². The first-order valence-corrected chi connectivity index (χ1v) is 14.3. The minimum Gasteiger partial charge on any atom is -0.352 e. The number of benzene rings is 2. The van der Waals surface area contributed by atoms with Crippen molar-refractivity contribution in [3.63, 3.8) is 0 Å². The summed E-state index contributed by atoms with van der Waals surface area (Å²) in [7, 11) is 0. The molecule has 9 heteroatoms. The Morgan fingerprint density at radius 2 is 1.67 bits per heavy atom. The summed E-state index contributed by atoms with van der Waals surface area (Å²) in [5.41, 5.74) is 8.91. The van der Waals surface area contributed by atoms with E-state index < -0.39 is 6.04 Å². The summed E-state index contributed by atoms with van der Waals surface area (Å²) in [6.45, 7) is 6.55. The second-order valence-corrected chi connectivity index (χ2v) is 10.9. The number of amides is 2. The van der Waals surface area contributed by atoms with Gasteiger partial charge in [-0.15, -0.1) is 11.3 Å². The van der Waals surface area contributed by atoms with Crippen LogP contribution in [-0.4, -0.2) is 58.9 Å². The van der Waals surface area contributed by atoms with Crippen molar-refractivity contribution in [2.45, 2.75) is 39.2 Å². The topological polar surface area (TPSA) is 104 Å². The Kier molecular flexibility index (Phi) is 8.18. The third-order valence-electron chi connectivity index (χ3n) is 7.05. The Balaban J connectivity index is 1.31. The van der Waals surface area contributed by atoms with Crippen molar-refractivity contribution >= 4 is 45.1 Å². The summed E-state index contributed by atoms with van der Waals surface area (Å²) in [4.78, 5) is 41.3. The Hall–Kier alpha value is -3.82. The zero-order valence-electron chi connectivity index (χ0n) is 22.4. The minimum atomic E-state index is -0.594. The zero-order valence-corrected chi connectivity index (χ0v) is 23.2. The molecule has 5 rings (SSSR count). The highest BCUT2D eigenvalue weighted by Gasteiger charge is 2.26. The van der Waals surface area contributed by atoms with Gasteiger partial charge in [0.25, 0.3) is 5.91 Å². The van der Waals surface area contributed by atoms with E-state index >= 15 is 0 Å². The fourth-order valence-corrected chi connectivity index (χ4v) is 5.77. The first kappa shape index (κ1) is 26.8. The van der Waals surface area contributed by atoms with Crippen LogP contribution in [0, 0.1) is 0 Å². The van der Waals surface area contributed by atoms with Crippen LogP contribution >= 0.6 is 11.3 Å². The van der Waals surface area contributed by atoms with Crippen molar-refractivity contribution in [2.75, 3.05) is 36.4 Å². The van der Waals surface area contributed by atoms with E-state index in [0.29, 0.717) is 38.2 Å². The van der Waals surface area contributed by atoms with Crippen LogP contribution in [0.4, 0.5) is 11.8 Å². The Morgan fingerprint density at radius 1 is 0.974 bits per heavy atom. The monoisotopic (exact) mass is 542 g/mol. The van der Waals surface area contributed by atoms with E-state index in [2.05, 4.69) is 40.3 Å². The molecule has 3 N–H and O–H groups in total. The van der Waals surface area contributed by atoms with Gasteiger partial charge in [0.2, 0.25) is 11.9 Å². The molecule has 39 heavy (non-hydrogen) atoms. The molecule has 0 radical (unpaired) electrons. The van der Waals surface area contributed by atoms with E-state index in [1.165, 1.54) is 4.88 Å². The third-order valence-corrected chi connectivity index (χ3v) is 8.22. The van der Waals surface area contributed by atoms with Crippen LogP contribution in [-0.2, 0) is 11.2 Å². The van der Waals surface area contributed by atoms with Crippen molar-refractivity contribution in [1.29, 1.82) is 0 Å². The number of nitrogens with zero attached hydrogens (tertiary/aromatic N) is 4. The molecule has 1 aliphatic rings. The fraction of sp³-hybridized carbons (Fsp3) is 0.333. The number of hydrogen-bond acceptors (Lipinski definition) is 7. The van der Waals surface area contributed by atoms with Gasteiger partial charge in [-0.3, -0.25) is 14.9 Å². The highest BCUT2D eigenvalue weighted by Crippen LogP contribution is 2.33. The second-order valence-electron chi connectivity index (χ2n) is 9.76. The zero-order chi connectivity index (χ0) is 27.4. The number of carbonyl (C=O) groups excluding carboxylic acids is 2. The van der Waals surface area contributed by atoms with Gasteiger partial charge >= 0.3 is 0 Å². The lowest BCUT2D eigenvalue weighted by atomic mass is 10.0. The lowest BCUT2D eigenvalue weighted by Gasteiger charge is -2.35. The third kappa shape index (κ3) is 5.94. The van der Waals surface area contributed by atoms with Gasteiger partial charge < -0.3 is 15.5 Å². The number of aromatic nitrogens is 2. The summed E-state index contributed by atoms with van der Waals surface area (Å²) in [6.07, 6.45) is 2.32. The summed E-state index contributed by atoms with van der Waals surface area (Å²) in [5.74, 6) is 0.817. The molecular weight excluding hydrogens is 508 g/mol. The normalized spacial score (nSPS) is 14.4. The predicted molar refractivity (Wildman–Crippen MR) is 158 cm³/mol. The Labute approximate surface area is 232 Å². The van der Waals surface area contributed by atoms with Crippen molar-refractivity contribution in [3.8, 4) is 11.1 Å². The molecule has 0 spiro atoms. The molecule has 0 aliphatic carbocycles. The maximum Gasteiger partial charge on any atom is 0.253 e. The van der Waals surface area contributed by atoms with Gasteiger partial charge in [-0.25, -0.2) is 4.98 Å². The first-order valence-electron chi connectivity index (χ1n) is 13.5. The van der Waals surface area contributed by atoms with Crippen LogP contribution in [0.3, 0.4) is 0 Å². The van der Waals surface area contributed by atoms with Crippen LogP contribution in [0.1, 0.15) is 41.9 Å². The van der Waals surface area contributed by atoms with E-state index in [4.69, 9.17) is 10.7 Å². The molecule has 0 unspecified atom stereocenters. The molecule has 3 heterocycles. The predicted octanol–water partition coefficient (Wildman–Crippen LogP) is 4.95. The summed E-state index contributed by atoms with van der Waals surface area (Å²) < 4.78 is 0. The fourth-order valence-electron chi connectivity index (χ4n) is 4.81. The van der Waals surface area contributed by atoms with Gasteiger partial charge in [-0.2, -0.15) is 4.98 Å². The molecule has 0 saturated carbocycles. The molecule has 1 saturated heterocycles. The number of rotatable bonds is 8. The largest absolute Gasteiger partial charge is 0.352 e. The summed E-state index contributed by atoms with van der Waals surface area (Å²) >= 11 is 1.61. The average Bonchev–Trinajstić information content (AvgIpc) is 3.40. The van der Waals surface area contributed by atoms with E-state index in [0.717, 1.165) is 40.0 Å². The van der Waals surface area contributed by atoms with E-state index in [1.807, 2.05) is 54.3 Å². The molecule has 1 atom stereocenters. The number of anilines is 2. The molecular formula is C30H34N6O2S. The van der Waals surface area contributed by atoms with E-state index in [1.54, 1.807) is 11.3 Å². The molecule has 2 aromatic carbocycles. The molecule has 1 aliphatic heterocycles. The highest BCUT2D eigenvalue weighted by atomic mass is 32.1. The van der Waals surface area contributed by atoms with Gasteiger partial charge in [0.15, 0.2) is 0 Å². The van der Waals surface area contributed by atoms with Gasteiger partial charge in [0.1, 0.15) is 10.6 Å². The Morgan fingerprint density at radius 3 is 2.33 bits per heavy atom. The Bertz CT molecular complexity index is 1450. The van der Waals surface area contributed by atoms with Crippen molar-refractivity contribution in [3.05, 3.63) is 71.1 Å². The quantitative estimate of drug-likeness (QED) is 0.327. The number of carbonyl (C=O) groups is 2.